The molecule has 4 nitrogen and oxygen atoms in total. The third-order valence-corrected chi connectivity index (χ3v) is 9.71. The van der Waals surface area contributed by atoms with Gasteiger partial charge in [-0.3, -0.25) is 0 Å². The van der Waals surface area contributed by atoms with Crippen LogP contribution < -0.4 is 4.74 Å². The molecule has 0 unspecified atom stereocenters. The van der Waals surface area contributed by atoms with E-state index in [4.69, 9.17) is 18.8 Å². The molecular formula is C24H34BBrO4. The Hall–Kier alpha value is -0.555. The van der Waals surface area contributed by atoms with Crippen molar-refractivity contribution in [2.24, 2.45) is 29.1 Å². The van der Waals surface area contributed by atoms with Crippen LogP contribution >= 0.6 is 15.9 Å². The first kappa shape index (κ1) is 21.3. The van der Waals surface area contributed by atoms with Crippen LogP contribution in [0.1, 0.15) is 52.0 Å². The molecule has 4 saturated carbocycles. The molecule has 4 aliphatic carbocycles. The van der Waals surface area contributed by atoms with Crippen molar-refractivity contribution >= 4 is 23.0 Å². The van der Waals surface area contributed by atoms with Gasteiger partial charge in [-0.1, -0.05) is 41.9 Å². The Labute approximate surface area is 189 Å². The van der Waals surface area contributed by atoms with Crippen molar-refractivity contribution in [1.29, 1.82) is 0 Å². The van der Waals surface area contributed by atoms with Crippen LogP contribution in [0.25, 0.3) is 0 Å². The lowest BCUT2D eigenvalue weighted by molar-refractivity contribution is -0.199. The highest BCUT2D eigenvalue weighted by Crippen LogP contribution is 2.66. The van der Waals surface area contributed by atoms with Crippen molar-refractivity contribution in [3.8, 4) is 5.75 Å². The lowest BCUT2D eigenvalue weighted by atomic mass is 9.43. The van der Waals surface area contributed by atoms with Gasteiger partial charge in [-0.15, -0.1) is 0 Å². The van der Waals surface area contributed by atoms with Gasteiger partial charge in [-0.25, -0.2) is 0 Å². The summed E-state index contributed by atoms with van der Waals surface area (Å²) in [6, 6.07) is 8.11. The van der Waals surface area contributed by atoms with Crippen molar-refractivity contribution in [2.45, 2.75) is 69.5 Å². The van der Waals surface area contributed by atoms with E-state index in [1.165, 1.54) is 24.8 Å². The van der Waals surface area contributed by atoms with Crippen molar-refractivity contribution in [3.05, 3.63) is 29.8 Å². The standard InChI is InChI=1S/C24H34BBrO4/c1-23(2)17-11-20(23)24(3)21(12-17)29-25(30-24)22(26)19(16-7-8-16)14-28-13-15-5-9-18(27-4)10-6-15/h5-6,9-10,16-17,19-22H,7-8,11-14H2,1-4H3/t17-,19+,20-,21+,22+,24-/m0/s1. The first-order valence-electron chi connectivity index (χ1n) is 11.5. The molecular weight excluding hydrogens is 443 g/mol. The number of ether oxygens (including phenoxy) is 2. The molecule has 6 atom stereocenters. The predicted octanol–water partition coefficient (Wildman–Crippen LogP) is 5.27. The molecule has 6 heteroatoms. The van der Waals surface area contributed by atoms with Gasteiger partial charge in [0.05, 0.1) is 36.8 Å². The number of methoxy groups -OCH3 is 1. The highest BCUT2D eigenvalue weighted by Gasteiger charge is 2.68. The van der Waals surface area contributed by atoms with E-state index >= 15 is 0 Å². The van der Waals surface area contributed by atoms with Crippen molar-refractivity contribution in [2.75, 3.05) is 13.7 Å². The molecule has 1 saturated heterocycles. The number of rotatable bonds is 8. The van der Waals surface area contributed by atoms with Gasteiger partial charge in [0, 0.05) is 0 Å². The summed E-state index contributed by atoms with van der Waals surface area (Å²) >= 11 is 3.99. The molecule has 1 heterocycles. The normalized spacial score (nSPS) is 36.0. The average molecular weight is 477 g/mol. The van der Waals surface area contributed by atoms with E-state index in [2.05, 4.69) is 48.8 Å². The first-order chi connectivity index (χ1) is 14.3. The quantitative estimate of drug-likeness (QED) is 0.378. The van der Waals surface area contributed by atoms with Crippen LogP contribution in [0.4, 0.5) is 0 Å². The summed E-state index contributed by atoms with van der Waals surface area (Å²) in [6.45, 7) is 8.48. The monoisotopic (exact) mass is 476 g/mol. The second kappa shape index (κ2) is 7.79. The van der Waals surface area contributed by atoms with E-state index < -0.39 is 0 Å². The van der Waals surface area contributed by atoms with Crippen molar-refractivity contribution in [1.82, 2.24) is 0 Å². The Kier molecular flexibility index (Phi) is 5.53. The molecule has 0 aromatic heterocycles. The van der Waals surface area contributed by atoms with Crippen LogP contribution in [0, 0.1) is 29.1 Å². The lowest BCUT2D eigenvalue weighted by Crippen LogP contribution is -2.65. The van der Waals surface area contributed by atoms with Gasteiger partial charge in [0.25, 0.3) is 0 Å². The Morgan fingerprint density at radius 1 is 1.17 bits per heavy atom. The molecule has 2 bridgehead atoms. The zero-order valence-electron chi connectivity index (χ0n) is 18.6. The molecule has 0 spiro atoms. The first-order valence-corrected chi connectivity index (χ1v) is 12.4. The number of hydrogen-bond acceptors (Lipinski definition) is 4. The molecule has 1 aliphatic heterocycles. The van der Waals surface area contributed by atoms with Gasteiger partial charge in [0.2, 0.25) is 0 Å². The topological polar surface area (TPSA) is 36.9 Å². The zero-order valence-corrected chi connectivity index (χ0v) is 20.2. The van der Waals surface area contributed by atoms with Crippen LogP contribution in [0.3, 0.4) is 0 Å². The van der Waals surface area contributed by atoms with E-state index in [1.807, 2.05) is 12.1 Å². The van der Waals surface area contributed by atoms with Gasteiger partial charge in [-0.2, -0.15) is 0 Å². The molecule has 0 amide bonds. The third-order valence-electron chi connectivity index (χ3n) is 8.60. The van der Waals surface area contributed by atoms with Crippen LogP contribution in [-0.2, 0) is 20.7 Å². The highest BCUT2D eigenvalue weighted by molar-refractivity contribution is 9.10. The van der Waals surface area contributed by atoms with Gasteiger partial charge in [-0.05, 0) is 79.4 Å². The fourth-order valence-electron chi connectivity index (χ4n) is 6.28. The highest BCUT2D eigenvalue weighted by atomic mass is 79.9. The maximum absolute atomic E-state index is 6.71. The summed E-state index contributed by atoms with van der Waals surface area (Å²) in [5.41, 5.74) is 1.40. The fraction of sp³-hybridized carbons (Fsp3) is 0.750. The molecule has 1 aromatic rings. The molecule has 5 aliphatic rings. The Morgan fingerprint density at radius 3 is 2.53 bits per heavy atom. The van der Waals surface area contributed by atoms with Gasteiger partial charge < -0.3 is 18.8 Å². The van der Waals surface area contributed by atoms with E-state index in [0.717, 1.165) is 24.7 Å². The maximum atomic E-state index is 6.71. The summed E-state index contributed by atoms with van der Waals surface area (Å²) in [7, 11) is 1.51. The summed E-state index contributed by atoms with van der Waals surface area (Å²) in [4.78, 5) is 0. The maximum Gasteiger partial charge on any atom is 0.472 e. The van der Waals surface area contributed by atoms with Crippen LogP contribution in [0.15, 0.2) is 24.3 Å². The molecule has 1 aromatic carbocycles. The van der Waals surface area contributed by atoms with Crippen molar-refractivity contribution < 1.29 is 18.8 Å². The Morgan fingerprint density at radius 2 is 1.90 bits per heavy atom. The zero-order chi connectivity index (χ0) is 21.1. The lowest BCUT2D eigenvalue weighted by Gasteiger charge is -2.64. The largest absolute Gasteiger partial charge is 0.497 e. The molecule has 0 radical (unpaired) electrons. The van der Waals surface area contributed by atoms with Gasteiger partial charge in [0.15, 0.2) is 0 Å². The summed E-state index contributed by atoms with van der Waals surface area (Å²) in [5.74, 6) is 3.38. The van der Waals surface area contributed by atoms with Crippen LogP contribution in [0.2, 0.25) is 0 Å². The number of alkyl halides is 1. The number of hydrogen-bond donors (Lipinski definition) is 0. The van der Waals surface area contributed by atoms with Gasteiger partial charge in [0.1, 0.15) is 5.75 Å². The minimum Gasteiger partial charge on any atom is -0.497 e. The van der Waals surface area contributed by atoms with E-state index in [-0.39, 0.29) is 23.5 Å². The van der Waals surface area contributed by atoms with Gasteiger partial charge >= 0.3 is 7.12 Å². The average Bonchev–Trinajstić information content (AvgIpc) is 3.50. The van der Waals surface area contributed by atoms with E-state index in [0.29, 0.717) is 29.8 Å². The van der Waals surface area contributed by atoms with Crippen LogP contribution in [-0.4, -0.2) is 37.3 Å². The number of halogens is 1. The Balaban J connectivity index is 1.20. The predicted molar refractivity (Wildman–Crippen MR) is 122 cm³/mol. The molecule has 164 valence electrons. The SMILES string of the molecule is COc1ccc(COC[C@H](C2CC2)[C@@H](Br)B2O[C@@H]3C[C@@H]4C[C@@H](C4(C)C)[C@]3(C)O2)cc1. The molecule has 0 N–H and O–H groups in total. The summed E-state index contributed by atoms with van der Waals surface area (Å²) in [6.07, 6.45) is 5.23. The number of benzene rings is 1. The fourth-order valence-corrected chi connectivity index (χ4v) is 7.10. The van der Waals surface area contributed by atoms with Crippen LogP contribution in [0.5, 0.6) is 5.75 Å². The molecule has 6 rings (SSSR count). The minimum absolute atomic E-state index is 0.146. The third kappa shape index (κ3) is 3.56. The van der Waals surface area contributed by atoms with E-state index in [1.54, 1.807) is 7.11 Å². The smallest absolute Gasteiger partial charge is 0.472 e. The summed E-state index contributed by atoms with van der Waals surface area (Å²) < 4.78 is 24.8. The minimum atomic E-state index is -0.176. The molecule has 5 fully saturated rings. The summed E-state index contributed by atoms with van der Waals surface area (Å²) in [5, 5.41) is 0. The molecule has 30 heavy (non-hydrogen) atoms. The van der Waals surface area contributed by atoms with Crippen molar-refractivity contribution in [3.63, 3.8) is 0 Å². The second-order valence-electron chi connectivity index (χ2n) is 10.6. The second-order valence-corrected chi connectivity index (χ2v) is 11.7. The van der Waals surface area contributed by atoms with E-state index in [9.17, 15) is 0 Å². The Bertz CT molecular complexity index is 767.